The van der Waals surface area contributed by atoms with Crippen molar-refractivity contribution < 1.29 is 0 Å². The zero-order chi connectivity index (χ0) is 33.7. The molecule has 6 nitrogen and oxygen atoms in total. The normalized spacial score (nSPS) is 47.8. The minimum absolute atomic E-state index is 0.870. The molecule has 3 N–H and O–H groups in total. The molecule has 11 unspecified atom stereocenters. The first-order valence-corrected chi connectivity index (χ1v) is 23.8. The quantitative estimate of drug-likeness (QED) is 0.273. The Morgan fingerprint density at radius 3 is 1.47 bits per heavy atom. The van der Waals surface area contributed by atoms with Crippen molar-refractivity contribution >= 4 is 0 Å². The monoisotopic (exact) mass is 703 g/mol. The van der Waals surface area contributed by atoms with Crippen molar-refractivity contribution in [3.63, 3.8) is 0 Å². The number of fused-ring (bicyclic) bond motifs is 6. The molecule has 0 aromatic heterocycles. The highest BCUT2D eigenvalue weighted by molar-refractivity contribution is 5.10. The van der Waals surface area contributed by atoms with Gasteiger partial charge in [-0.05, 0) is 178 Å². The van der Waals surface area contributed by atoms with Crippen molar-refractivity contribution in [3.8, 4) is 0 Å². The SMILES string of the molecule is C1CCC(N(C2CCCCC2)C2CCC3C(C2)C2CNCCC2N3C2CCC(C3CCCC(N4C5CCNCC5C5CNCCC54)C3)CC2)CC1. The van der Waals surface area contributed by atoms with Crippen LogP contribution in [0.2, 0.25) is 0 Å². The zero-order valence-electron chi connectivity index (χ0n) is 32.7. The Morgan fingerprint density at radius 2 is 0.882 bits per heavy atom. The number of piperidine rings is 3. The summed E-state index contributed by atoms with van der Waals surface area (Å²) in [6, 6.07) is 7.97. The van der Waals surface area contributed by atoms with Gasteiger partial charge in [-0.2, -0.15) is 0 Å². The van der Waals surface area contributed by atoms with Crippen LogP contribution in [0.4, 0.5) is 0 Å². The number of nitrogens with one attached hydrogen (secondary N) is 3. The molecule has 0 amide bonds. The average Bonchev–Trinajstić information content (AvgIpc) is 3.72. The molecule has 5 aliphatic carbocycles. The number of rotatable bonds is 6. The first-order valence-electron chi connectivity index (χ1n) is 23.8. The molecular formula is C45H78N6. The van der Waals surface area contributed by atoms with Crippen LogP contribution >= 0.6 is 0 Å². The lowest BCUT2D eigenvalue weighted by molar-refractivity contribution is -0.00940. The Morgan fingerprint density at radius 1 is 0.353 bits per heavy atom. The van der Waals surface area contributed by atoms with Gasteiger partial charge < -0.3 is 16.0 Å². The Labute approximate surface area is 313 Å². The molecule has 11 atom stereocenters. The average molecular weight is 703 g/mol. The maximum absolute atomic E-state index is 3.94. The van der Waals surface area contributed by atoms with E-state index in [2.05, 4.69) is 30.7 Å². The van der Waals surface area contributed by atoms with Crippen LogP contribution in [-0.2, 0) is 0 Å². The largest absolute Gasteiger partial charge is 0.316 e. The summed E-state index contributed by atoms with van der Waals surface area (Å²) in [5.74, 6) is 5.68. The molecule has 6 heteroatoms. The predicted molar refractivity (Wildman–Crippen MR) is 210 cm³/mol. The van der Waals surface area contributed by atoms with Crippen LogP contribution in [0.5, 0.6) is 0 Å². The van der Waals surface area contributed by atoms with E-state index in [0.717, 1.165) is 89.9 Å². The topological polar surface area (TPSA) is 45.8 Å². The van der Waals surface area contributed by atoms with Gasteiger partial charge in [0.05, 0.1) is 0 Å². The second-order valence-corrected chi connectivity index (χ2v) is 20.4. The van der Waals surface area contributed by atoms with Crippen molar-refractivity contribution in [1.82, 2.24) is 30.7 Å². The van der Waals surface area contributed by atoms with Gasteiger partial charge in [-0.25, -0.2) is 0 Å². The summed E-state index contributed by atoms with van der Waals surface area (Å²) < 4.78 is 0. The lowest BCUT2D eigenvalue weighted by atomic mass is 9.70. The van der Waals surface area contributed by atoms with Gasteiger partial charge >= 0.3 is 0 Å². The molecule has 288 valence electrons. The number of hydrogen-bond donors (Lipinski definition) is 3. The summed E-state index contributed by atoms with van der Waals surface area (Å²) in [7, 11) is 0. The van der Waals surface area contributed by atoms with Gasteiger partial charge in [0.15, 0.2) is 0 Å². The van der Waals surface area contributed by atoms with E-state index in [1.807, 2.05) is 0 Å². The number of nitrogens with zero attached hydrogens (tertiary/aromatic N) is 3. The molecule has 51 heavy (non-hydrogen) atoms. The summed E-state index contributed by atoms with van der Waals surface area (Å²) in [5, 5.41) is 11.6. The summed E-state index contributed by atoms with van der Waals surface area (Å²) in [5.41, 5.74) is 0. The highest BCUT2D eigenvalue weighted by atomic mass is 15.3. The third-order valence-corrected chi connectivity index (χ3v) is 18.3. The molecule has 5 aliphatic heterocycles. The van der Waals surface area contributed by atoms with Crippen LogP contribution < -0.4 is 16.0 Å². The van der Waals surface area contributed by atoms with Gasteiger partial charge in [-0.15, -0.1) is 0 Å². The van der Waals surface area contributed by atoms with Crippen molar-refractivity contribution in [2.45, 2.75) is 208 Å². The number of likely N-dealkylation sites (tertiary alicyclic amines) is 2. The smallest absolute Gasteiger partial charge is 0.0157 e. The Hall–Kier alpha value is -0.240. The summed E-state index contributed by atoms with van der Waals surface area (Å²) >= 11 is 0. The van der Waals surface area contributed by atoms with Crippen molar-refractivity contribution in [2.75, 3.05) is 39.3 Å². The van der Waals surface area contributed by atoms with E-state index >= 15 is 0 Å². The molecule has 0 aromatic carbocycles. The summed E-state index contributed by atoms with van der Waals surface area (Å²) in [6.45, 7) is 7.64. The van der Waals surface area contributed by atoms with Crippen LogP contribution in [0.3, 0.4) is 0 Å². The third kappa shape index (κ3) is 6.74. The van der Waals surface area contributed by atoms with E-state index in [1.165, 1.54) is 193 Å². The Kier molecular flexibility index (Phi) is 10.8. The van der Waals surface area contributed by atoms with Gasteiger partial charge in [0.25, 0.3) is 0 Å². The van der Waals surface area contributed by atoms with Crippen LogP contribution in [0.25, 0.3) is 0 Å². The van der Waals surface area contributed by atoms with Gasteiger partial charge in [-0.1, -0.05) is 51.4 Å². The molecule has 5 heterocycles. The van der Waals surface area contributed by atoms with E-state index in [0.29, 0.717) is 0 Å². The molecule has 5 saturated heterocycles. The second-order valence-electron chi connectivity index (χ2n) is 20.4. The molecule has 0 bridgehead atoms. The minimum Gasteiger partial charge on any atom is -0.316 e. The first kappa shape index (κ1) is 35.2. The fourth-order valence-electron chi connectivity index (χ4n) is 16.3. The molecular weight excluding hydrogens is 625 g/mol. The Bertz CT molecular complexity index is 1090. The summed E-state index contributed by atoms with van der Waals surface area (Å²) in [6.07, 6.45) is 35.9. The van der Waals surface area contributed by atoms with Gasteiger partial charge in [0.1, 0.15) is 0 Å². The van der Waals surface area contributed by atoms with Crippen LogP contribution in [0.15, 0.2) is 0 Å². The third-order valence-electron chi connectivity index (χ3n) is 18.3. The highest BCUT2D eigenvalue weighted by Gasteiger charge is 2.56. The zero-order valence-corrected chi connectivity index (χ0v) is 32.7. The first-order chi connectivity index (χ1) is 25.3. The van der Waals surface area contributed by atoms with Gasteiger partial charge in [-0.3, -0.25) is 14.7 Å². The minimum atomic E-state index is 0.870. The van der Waals surface area contributed by atoms with Gasteiger partial charge in [0, 0.05) is 54.4 Å². The van der Waals surface area contributed by atoms with E-state index < -0.39 is 0 Å². The molecule has 0 radical (unpaired) electrons. The van der Waals surface area contributed by atoms with E-state index in [-0.39, 0.29) is 0 Å². The van der Waals surface area contributed by atoms with Crippen molar-refractivity contribution in [3.05, 3.63) is 0 Å². The van der Waals surface area contributed by atoms with E-state index in [9.17, 15) is 0 Å². The summed E-state index contributed by atoms with van der Waals surface area (Å²) in [4.78, 5) is 9.75. The van der Waals surface area contributed by atoms with E-state index in [4.69, 9.17) is 0 Å². The van der Waals surface area contributed by atoms with Gasteiger partial charge in [0.2, 0.25) is 0 Å². The fraction of sp³-hybridized carbons (Fsp3) is 1.00. The van der Waals surface area contributed by atoms with Crippen LogP contribution in [0.1, 0.15) is 154 Å². The second kappa shape index (κ2) is 15.7. The van der Waals surface area contributed by atoms with Crippen molar-refractivity contribution in [2.24, 2.45) is 35.5 Å². The molecule has 10 fully saturated rings. The molecule has 10 rings (SSSR count). The van der Waals surface area contributed by atoms with Crippen molar-refractivity contribution in [1.29, 1.82) is 0 Å². The molecule has 0 aromatic rings. The standard InChI is InChI=1S/C45H78N6/c1-3-9-33(10-4-1)49(34-11-5-2-6-12-34)37-18-19-42-38(27-37)39-28-46-23-20-43(39)50(42)35-16-14-31(15-17-35)32-8-7-13-36(26-32)51-44-21-24-47-29-40(44)41-30-48-25-22-45(41)51/h31-48H,1-30H2. The number of hydrogen-bond acceptors (Lipinski definition) is 6. The lowest BCUT2D eigenvalue weighted by Crippen LogP contribution is -2.55. The van der Waals surface area contributed by atoms with Crippen LogP contribution in [-0.4, -0.2) is 108 Å². The molecule has 10 aliphatic rings. The highest BCUT2D eigenvalue weighted by Crippen LogP contribution is 2.52. The van der Waals surface area contributed by atoms with Crippen LogP contribution in [0, 0.1) is 35.5 Å². The maximum atomic E-state index is 3.94. The fourth-order valence-corrected chi connectivity index (χ4v) is 16.3. The van der Waals surface area contributed by atoms with E-state index in [1.54, 1.807) is 0 Å². The molecule has 5 saturated carbocycles. The maximum Gasteiger partial charge on any atom is 0.0157 e. The predicted octanol–water partition coefficient (Wildman–Crippen LogP) is 7.17. The molecule has 0 spiro atoms. The lowest BCUT2D eigenvalue weighted by Gasteiger charge is -2.50. The Balaban J connectivity index is 0.800.